The van der Waals surface area contributed by atoms with Gasteiger partial charge in [-0.3, -0.25) is 4.98 Å². The molecule has 0 bridgehead atoms. The molecule has 2 aromatic heterocycles. The predicted octanol–water partition coefficient (Wildman–Crippen LogP) is 2.02. The van der Waals surface area contributed by atoms with Crippen LogP contribution in [0.2, 0.25) is 5.02 Å². The molecule has 16 heavy (non-hydrogen) atoms. The summed E-state index contributed by atoms with van der Waals surface area (Å²) in [4.78, 5) is 3.94. The third kappa shape index (κ3) is 2.55. The minimum Gasteiger partial charge on any atom is -0.319 e. The maximum atomic E-state index is 6.04. The molecule has 0 radical (unpaired) electrons. The van der Waals surface area contributed by atoms with E-state index in [1.807, 2.05) is 13.1 Å². The van der Waals surface area contributed by atoms with E-state index in [0.717, 1.165) is 28.5 Å². The van der Waals surface area contributed by atoms with Crippen molar-refractivity contribution in [1.82, 2.24) is 20.5 Å². The maximum absolute atomic E-state index is 6.04. The summed E-state index contributed by atoms with van der Waals surface area (Å²) in [6.45, 7) is 0.901. The van der Waals surface area contributed by atoms with Crippen LogP contribution in [0.15, 0.2) is 18.5 Å². The highest BCUT2D eigenvalue weighted by Crippen LogP contribution is 2.29. The van der Waals surface area contributed by atoms with Crippen LogP contribution in [0.25, 0.3) is 10.6 Å². The van der Waals surface area contributed by atoms with Crippen molar-refractivity contribution in [3.63, 3.8) is 0 Å². The molecule has 1 N–H and O–H groups in total. The van der Waals surface area contributed by atoms with Crippen molar-refractivity contribution in [2.75, 3.05) is 13.6 Å². The fourth-order valence-electron chi connectivity index (χ4n) is 1.24. The summed E-state index contributed by atoms with van der Waals surface area (Å²) in [5.74, 6) is 0. The van der Waals surface area contributed by atoms with Crippen molar-refractivity contribution >= 4 is 22.9 Å². The van der Waals surface area contributed by atoms with Crippen LogP contribution in [0, 0.1) is 0 Å². The number of pyridine rings is 1. The zero-order valence-corrected chi connectivity index (χ0v) is 10.3. The van der Waals surface area contributed by atoms with Gasteiger partial charge in [0.05, 0.1) is 5.02 Å². The van der Waals surface area contributed by atoms with Crippen LogP contribution < -0.4 is 5.32 Å². The van der Waals surface area contributed by atoms with Crippen LogP contribution in [-0.4, -0.2) is 28.8 Å². The van der Waals surface area contributed by atoms with Gasteiger partial charge in [-0.2, -0.15) is 0 Å². The van der Waals surface area contributed by atoms with E-state index in [4.69, 9.17) is 11.6 Å². The summed E-state index contributed by atoms with van der Waals surface area (Å²) in [5, 5.41) is 13.8. The van der Waals surface area contributed by atoms with Crippen LogP contribution in [0.4, 0.5) is 0 Å². The first-order valence-corrected chi connectivity index (χ1v) is 6.07. The highest BCUT2D eigenvalue weighted by atomic mass is 35.5. The largest absolute Gasteiger partial charge is 0.319 e. The Labute approximate surface area is 103 Å². The highest BCUT2D eigenvalue weighted by molar-refractivity contribution is 7.14. The molecular formula is C10H11ClN4S. The number of hydrogen-bond donors (Lipinski definition) is 1. The van der Waals surface area contributed by atoms with E-state index in [0.29, 0.717) is 5.02 Å². The minimum atomic E-state index is 0.610. The van der Waals surface area contributed by atoms with E-state index in [1.165, 1.54) is 0 Å². The number of hydrogen-bond acceptors (Lipinski definition) is 5. The van der Waals surface area contributed by atoms with E-state index >= 15 is 0 Å². The smallest absolute Gasteiger partial charge is 0.149 e. The van der Waals surface area contributed by atoms with Gasteiger partial charge < -0.3 is 5.32 Å². The number of halogens is 1. The van der Waals surface area contributed by atoms with E-state index in [2.05, 4.69) is 20.5 Å². The van der Waals surface area contributed by atoms with Crippen LogP contribution in [-0.2, 0) is 6.42 Å². The Hall–Kier alpha value is -1.04. The molecule has 0 saturated heterocycles. The molecule has 0 saturated carbocycles. The van der Waals surface area contributed by atoms with E-state index in [-0.39, 0.29) is 0 Å². The van der Waals surface area contributed by atoms with Crippen LogP contribution in [0.5, 0.6) is 0 Å². The lowest BCUT2D eigenvalue weighted by Gasteiger charge is -1.96. The molecule has 0 aliphatic carbocycles. The van der Waals surface area contributed by atoms with Gasteiger partial charge in [0, 0.05) is 30.9 Å². The predicted molar refractivity (Wildman–Crippen MR) is 65.8 cm³/mol. The summed E-state index contributed by atoms with van der Waals surface area (Å²) < 4.78 is 0. The third-order valence-corrected chi connectivity index (χ3v) is 3.38. The van der Waals surface area contributed by atoms with E-state index < -0.39 is 0 Å². The lowest BCUT2D eigenvalue weighted by atomic mass is 10.3. The summed E-state index contributed by atoms with van der Waals surface area (Å²) in [6, 6.07) is 1.85. The molecule has 2 aromatic rings. The van der Waals surface area contributed by atoms with E-state index in [1.54, 1.807) is 23.7 Å². The Morgan fingerprint density at radius 1 is 1.44 bits per heavy atom. The van der Waals surface area contributed by atoms with Crippen molar-refractivity contribution < 1.29 is 0 Å². The minimum absolute atomic E-state index is 0.610. The van der Waals surface area contributed by atoms with Crippen molar-refractivity contribution in [3.8, 4) is 10.6 Å². The second-order valence-corrected chi connectivity index (χ2v) is 4.68. The molecule has 6 heteroatoms. The summed E-state index contributed by atoms with van der Waals surface area (Å²) >= 11 is 7.60. The number of likely N-dealkylation sites (N-methyl/N-ethyl adjacent to an activating group) is 1. The third-order valence-electron chi connectivity index (χ3n) is 2.06. The summed E-state index contributed by atoms with van der Waals surface area (Å²) in [7, 11) is 1.92. The molecular weight excluding hydrogens is 244 g/mol. The van der Waals surface area contributed by atoms with E-state index in [9.17, 15) is 0 Å². The zero-order chi connectivity index (χ0) is 11.4. The Morgan fingerprint density at radius 2 is 2.31 bits per heavy atom. The maximum Gasteiger partial charge on any atom is 0.149 e. The first-order valence-electron chi connectivity index (χ1n) is 4.88. The second kappa shape index (κ2) is 5.34. The van der Waals surface area contributed by atoms with Crippen molar-refractivity contribution in [2.24, 2.45) is 0 Å². The number of aromatic nitrogens is 3. The van der Waals surface area contributed by atoms with Gasteiger partial charge in [0.25, 0.3) is 0 Å². The average molecular weight is 255 g/mol. The van der Waals surface area contributed by atoms with Crippen molar-refractivity contribution in [2.45, 2.75) is 6.42 Å². The topological polar surface area (TPSA) is 50.7 Å². The lowest BCUT2D eigenvalue weighted by molar-refractivity contribution is 0.779. The molecule has 0 spiro atoms. The molecule has 0 amide bonds. The molecule has 0 fully saturated rings. The van der Waals surface area contributed by atoms with Crippen molar-refractivity contribution in [3.05, 3.63) is 28.5 Å². The standard InChI is InChI=1S/C10H11ClN4S/c1-12-4-3-9-14-15-10(16-9)7-2-5-13-6-8(7)11/h2,5-6,12H,3-4H2,1H3. The van der Waals surface area contributed by atoms with Gasteiger partial charge >= 0.3 is 0 Å². The van der Waals surface area contributed by atoms with Gasteiger partial charge in [0.1, 0.15) is 10.0 Å². The fourth-order valence-corrected chi connectivity index (χ4v) is 2.39. The number of nitrogens with zero attached hydrogens (tertiary/aromatic N) is 3. The molecule has 4 nitrogen and oxygen atoms in total. The molecule has 2 heterocycles. The lowest BCUT2D eigenvalue weighted by Crippen LogP contribution is -2.09. The molecule has 0 aromatic carbocycles. The molecule has 0 atom stereocenters. The Bertz CT molecular complexity index is 471. The second-order valence-electron chi connectivity index (χ2n) is 3.21. The van der Waals surface area contributed by atoms with Gasteiger partial charge in [0.2, 0.25) is 0 Å². The SMILES string of the molecule is CNCCc1nnc(-c2ccncc2Cl)s1. The van der Waals surface area contributed by atoms with Crippen molar-refractivity contribution in [1.29, 1.82) is 0 Å². The first-order chi connectivity index (χ1) is 7.81. The summed E-state index contributed by atoms with van der Waals surface area (Å²) in [5.41, 5.74) is 0.893. The fraction of sp³-hybridized carbons (Fsp3) is 0.300. The highest BCUT2D eigenvalue weighted by Gasteiger charge is 2.09. The Kier molecular flexibility index (Phi) is 3.82. The molecule has 2 rings (SSSR count). The first kappa shape index (κ1) is 11.4. The zero-order valence-electron chi connectivity index (χ0n) is 8.77. The average Bonchev–Trinajstić information content (AvgIpc) is 2.75. The number of rotatable bonds is 4. The quantitative estimate of drug-likeness (QED) is 0.907. The van der Waals surface area contributed by atoms with Gasteiger partial charge in [-0.25, -0.2) is 0 Å². The van der Waals surface area contributed by atoms with Crippen LogP contribution >= 0.6 is 22.9 Å². The molecule has 0 aliphatic rings. The molecule has 84 valence electrons. The normalized spacial score (nSPS) is 10.6. The van der Waals surface area contributed by atoms with Gasteiger partial charge in [-0.05, 0) is 13.1 Å². The summed E-state index contributed by atoms with van der Waals surface area (Å²) in [6.07, 6.45) is 4.21. The number of nitrogens with one attached hydrogen (secondary N) is 1. The monoisotopic (exact) mass is 254 g/mol. The van der Waals surface area contributed by atoms with Crippen LogP contribution in [0.3, 0.4) is 0 Å². The molecule has 0 aliphatic heterocycles. The van der Waals surface area contributed by atoms with Crippen LogP contribution in [0.1, 0.15) is 5.01 Å². The molecule has 0 unspecified atom stereocenters. The van der Waals surface area contributed by atoms with Gasteiger partial charge in [-0.1, -0.05) is 22.9 Å². The van der Waals surface area contributed by atoms with Gasteiger partial charge in [-0.15, -0.1) is 10.2 Å². The Morgan fingerprint density at radius 3 is 3.06 bits per heavy atom. The Balaban J connectivity index is 2.22. The van der Waals surface area contributed by atoms with Gasteiger partial charge in [0.15, 0.2) is 0 Å².